The van der Waals surface area contributed by atoms with Crippen LogP contribution in [0.3, 0.4) is 0 Å². The van der Waals surface area contributed by atoms with Gasteiger partial charge < -0.3 is 0 Å². The number of alkyl halides is 3. The zero-order valence-corrected chi connectivity index (χ0v) is 10.3. The Morgan fingerprint density at radius 3 is 2.80 bits per heavy atom. The summed E-state index contributed by atoms with van der Waals surface area (Å²) < 4.78 is 37.0. The molecule has 0 radical (unpaired) electrons. The lowest BCUT2D eigenvalue weighted by atomic mass is 10.6. The lowest BCUT2D eigenvalue weighted by Gasteiger charge is -2.07. The molecule has 84 valence electrons. The predicted octanol–water partition coefficient (Wildman–Crippen LogP) is 2.10. The molecule has 0 aliphatic rings. The smallest absolute Gasteiger partial charge is 0.298 e. The highest BCUT2D eigenvalue weighted by Gasteiger charge is 2.27. The van der Waals surface area contributed by atoms with Crippen molar-refractivity contribution in [1.29, 1.82) is 0 Å². The van der Waals surface area contributed by atoms with Crippen molar-refractivity contribution in [2.24, 2.45) is 0 Å². The first-order chi connectivity index (χ1) is 6.90. The lowest BCUT2D eigenvalue weighted by molar-refractivity contribution is -0.0328. The molecule has 0 amide bonds. The summed E-state index contributed by atoms with van der Waals surface area (Å²) in [5.74, 6) is -0.189. The quantitative estimate of drug-likeness (QED) is 0.784. The number of thioether (sulfide) groups is 1. The highest BCUT2D eigenvalue weighted by atomic mass is 127. The second-order valence-corrected chi connectivity index (χ2v) is 4.86. The molecule has 1 rings (SSSR count). The third-order valence-corrected chi connectivity index (χ3v) is 2.91. The fraction of sp³-hybridized carbons (Fsp3) is 0.429. The molecule has 0 unspecified atom stereocenters. The number of hydrogen-bond acceptors (Lipinski definition) is 3. The number of aromatic nitrogens is 2. The minimum atomic E-state index is -4.25. The van der Waals surface area contributed by atoms with Crippen molar-refractivity contribution in [3.05, 3.63) is 26.4 Å². The number of nitrogens with zero attached hydrogens (tertiary/aromatic N) is 2. The van der Waals surface area contributed by atoms with Crippen LogP contribution in [0.15, 0.2) is 17.3 Å². The van der Waals surface area contributed by atoms with Gasteiger partial charge in [-0.3, -0.25) is 9.36 Å². The Bertz CT molecular complexity index is 393. The fourth-order valence-corrected chi connectivity index (χ4v) is 1.83. The molecule has 0 saturated heterocycles. The SMILES string of the molecule is O=c1c(I)cncn1CCSC(F)(F)F. The molecule has 0 N–H and O–H groups in total. The second-order valence-electron chi connectivity index (χ2n) is 2.53. The molecular formula is C7H6F3IN2OS. The number of hydrogen-bond donors (Lipinski definition) is 0. The van der Waals surface area contributed by atoms with Crippen molar-refractivity contribution >= 4 is 34.4 Å². The van der Waals surface area contributed by atoms with E-state index in [2.05, 4.69) is 4.98 Å². The molecule has 8 heteroatoms. The summed E-state index contributed by atoms with van der Waals surface area (Å²) in [6.07, 6.45) is 2.61. The van der Waals surface area contributed by atoms with E-state index in [0.717, 1.165) is 0 Å². The summed E-state index contributed by atoms with van der Waals surface area (Å²) in [4.78, 5) is 15.1. The number of aryl methyl sites for hydroxylation is 1. The summed E-state index contributed by atoms with van der Waals surface area (Å²) in [6.45, 7) is 0.00680. The van der Waals surface area contributed by atoms with Gasteiger partial charge in [0.25, 0.3) is 5.56 Å². The molecule has 15 heavy (non-hydrogen) atoms. The van der Waals surface area contributed by atoms with E-state index in [0.29, 0.717) is 3.57 Å². The monoisotopic (exact) mass is 350 g/mol. The van der Waals surface area contributed by atoms with E-state index in [9.17, 15) is 18.0 Å². The van der Waals surface area contributed by atoms with Gasteiger partial charge in [-0.2, -0.15) is 13.2 Å². The maximum Gasteiger partial charge on any atom is 0.441 e. The van der Waals surface area contributed by atoms with Crippen molar-refractivity contribution in [2.45, 2.75) is 12.1 Å². The van der Waals surface area contributed by atoms with Crippen LogP contribution in [0, 0.1) is 3.57 Å². The van der Waals surface area contributed by atoms with Crippen molar-refractivity contribution in [3.63, 3.8) is 0 Å². The third kappa shape index (κ3) is 4.41. The molecule has 0 spiro atoms. The van der Waals surface area contributed by atoms with E-state index in [1.54, 1.807) is 22.6 Å². The van der Waals surface area contributed by atoms with Gasteiger partial charge in [-0.15, -0.1) is 0 Å². The zero-order chi connectivity index (χ0) is 11.5. The van der Waals surface area contributed by atoms with E-state index >= 15 is 0 Å². The van der Waals surface area contributed by atoms with E-state index in [1.807, 2.05) is 0 Å². The van der Waals surface area contributed by atoms with Gasteiger partial charge in [0, 0.05) is 18.5 Å². The largest absolute Gasteiger partial charge is 0.441 e. The van der Waals surface area contributed by atoms with Crippen LogP contribution in [-0.4, -0.2) is 20.8 Å². The maximum absolute atomic E-state index is 11.8. The van der Waals surface area contributed by atoms with Gasteiger partial charge in [0.15, 0.2) is 0 Å². The van der Waals surface area contributed by atoms with Crippen LogP contribution in [0.5, 0.6) is 0 Å². The van der Waals surface area contributed by atoms with E-state index in [1.165, 1.54) is 17.1 Å². The third-order valence-electron chi connectivity index (χ3n) is 1.46. The van der Waals surface area contributed by atoms with E-state index in [-0.39, 0.29) is 29.6 Å². The van der Waals surface area contributed by atoms with Gasteiger partial charge in [-0.05, 0) is 34.4 Å². The minimum absolute atomic E-state index is 0.00680. The number of halogens is 4. The van der Waals surface area contributed by atoms with Crippen molar-refractivity contribution in [3.8, 4) is 0 Å². The molecule has 0 aliphatic carbocycles. The Morgan fingerprint density at radius 2 is 2.20 bits per heavy atom. The Balaban J connectivity index is 2.59. The predicted molar refractivity (Wildman–Crippen MR) is 59.7 cm³/mol. The highest BCUT2D eigenvalue weighted by Crippen LogP contribution is 2.29. The Morgan fingerprint density at radius 1 is 1.53 bits per heavy atom. The van der Waals surface area contributed by atoms with Gasteiger partial charge in [-0.25, -0.2) is 4.98 Å². The van der Waals surface area contributed by atoms with Gasteiger partial charge in [0.2, 0.25) is 0 Å². The van der Waals surface area contributed by atoms with Crippen molar-refractivity contribution < 1.29 is 13.2 Å². The van der Waals surface area contributed by atoms with Crippen LogP contribution in [0.1, 0.15) is 0 Å². The first-order valence-corrected chi connectivity index (χ1v) is 5.87. The molecule has 0 aliphatic heterocycles. The lowest BCUT2D eigenvalue weighted by Crippen LogP contribution is -2.23. The standard InChI is InChI=1S/C7H6F3IN2OS/c8-7(9,10)15-2-1-13-4-12-3-5(11)6(13)14/h3-4H,1-2H2. The molecule has 0 atom stereocenters. The summed E-state index contributed by atoms with van der Waals surface area (Å²) in [5, 5.41) is 0. The van der Waals surface area contributed by atoms with E-state index in [4.69, 9.17) is 0 Å². The topological polar surface area (TPSA) is 34.9 Å². The van der Waals surface area contributed by atoms with Crippen LogP contribution < -0.4 is 5.56 Å². The molecule has 1 aromatic rings. The average molecular weight is 350 g/mol. The molecule has 0 aromatic carbocycles. The molecule has 0 fully saturated rings. The number of rotatable bonds is 3. The summed E-state index contributed by atoms with van der Waals surface area (Å²) in [7, 11) is 0. The summed E-state index contributed by atoms with van der Waals surface area (Å²) in [5.41, 5.74) is -4.56. The first kappa shape index (κ1) is 12.8. The normalized spacial score (nSPS) is 11.7. The summed E-state index contributed by atoms with van der Waals surface area (Å²) in [6, 6.07) is 0. The highest BCUT2D eigenvalue weighted by molar-refractivity contribution is 14.1. The summed E-state index contributed by atoms with van der Waals surface area (Å²) >= 11 is 1.65. The van der Waals surface area contributed by atoms with E-state index < -0.39 is 5.51 Å². The van der Waals surface area contributed by atoms with Crippen molar-refractivity contribution in [2.75, 3.05) is 5.75 Å². The first-order valence-electron chi connectivity index (χ1n) is 3.81. The average Bonchev–Trinajstić information content (AvgIpc) is 2.10. The molecule has 0 saturated carbocycles. The zero-order valence-electron chi connectivity index (χ0n) is 7.29. The Labute approximate surface area is 101 Å². The molecule has 1 aromatic heterocycles. The Hall–Kier alpha value is -0.250. The second kappa shape index (κ2) is 5.19. The van der Waals surface area contributed by atoms with Gasteiger partial charge in [0.05, 0.1) is 9.90 Å². The van der Waals surface area contributed by atoms with Crippen LogP contribution in [0.4, 0.5) is 13.2 Å². The molecule has 3 nitrogen and oxygen atoms in total. The molecule has 1 heterocycles. The van der Waals surface area contributed by atoms with Crippen LogP contribution in [0.2, 0.25) is 0 Å². The van der Waals surface area contributed by atoms with Crippen LogP contribution >= 0.6 is 34.4 Å². The maximum atomic E-state index is 11.8. The molecular weight excluding hydrogens is 344 g/mol. The van der Waals surface area contributed by atoms with Crippen LogP contribution in [-0.2, 0) is 6.54 Å². The molecule has 0 bridgehead atoms. The van der Waals surface area contributed by atoms with Gasteiger partial charge in [0.1, 0.15) is 0 Å². The fourth-order valence-electron chi connectivity index (χ4n) is 0.843. The van der Waals surface area contributed by atoms with Crippen LogP contribution in [0.25, 0.3) is 0 Å². The van der Waals surface area contributed by atoms with Crippen molar-refractivity contribution in [1.82, 2.24) is 9.55 Å². The Kier molecular flexibility index (Phi) is 4.44. The van der Waals surface area contributed by atoms with Gasteiger partial charge >= 0.3 is 5.51 Å². The van der Waals surface area contributed by atoms with Gasteiger partial charge in [-0.1, -0.05) is 0 Å². The minimum Gasteiger partial charge on any atom is -0.298 e.